The minimum Gasteiger partial charge on any atom is -0.459 e. The molecule has 10 atom stereocenters. The van der Waals surface area contributed by atoms with E-state index in [9.17, 15) is 39.3 Å². The van der Waals surface area contributed by atoms with Gasteiger partial charge < -0.3 is 58.3 Å². The second-order valence-electron chi connectivity index (χ2n) is 11.6. The lowest BCUT2D eigenvalue weighted by Crippen LogP contribution is -2.63. The Balaban J connectivity index is 0.00000111. The Labute approximate surface area is 307 Å². The van der Waals surface area contributed by atoms with Gasteiger partial charge in [0.15, 0.2) is 30.9 Å². The van der Waals surface area contributed by atoms with Crippen molar-refractivity contribution in [2.45, 2.75) is 96.0 Å². The Morgan fingerprint density at radius 2 is 0.962 bits per heavy atom. The minimum atomic E-state index is -1.41. The Kier molecular flexibility index (Phi) is 21.3. The lowest BCUT2D eigenvalue weighted by Gasteiger charge is -2.44. The Hall–Kier alpha value is -3.78. The first-order valence-corrected chi connectivity index (χ1v) is 15.7. The van der Waals surface area contributed by atoms with Gasteiger partial charge in [-0.05, 0) is 46.2 Å². The molecule has 2 heterocycles. The average Bonchev–Trinajstić information content (AvgIpc) is 3.08. The molecule has 0 aromatic heterocycles. The number of ether oxygens (including phenoxy) is 8. The SMILES string of the molecule is C=C(C)C(=O)Cl.C=C(C)C(=O)OCC1O[C@H](OC)C(OC(=O)C(=C)C)[C@@H](OC(=O)C(=C)C)[C@@H]1OC(=O)C(=C)C.CO[C@H]1OC(CO)[C@@H](O)[C@H](O)C1O. The maximum atomic E-state index is 12.4. The summed E-state index contributed by atoms with van der Waals surface area (Å²) in [5, 5.41) is 36.1. The van der Waals surface area contributed by atoms with E-state index in [1.807, 2.05) is 0 Å². The van der Waals surface area contributed by atoms with Crippen molar-refractivity contribution in [1.29, 1.82) is 0 Å². The molecule has 0 aromatic rings. The molecule has 0 aromatic carbocycles. The van der Waals surface area contributed by atoms with Gasteiger partial charge in [-0.3, -0.25) is 4.79 Å². The number of halogens is 1. The first kappa shape index (κ1) is 48.2. The van der Waals surface area contributed by atoms with Crippen LogP contribution in [-0.2, 0) is 61.9 Å². The van der Waals surface area contributed by atoms with E-state index in [2.05, 4.69) is 32.9 Å². The molecule has 294 valence electrons. The zero-order chi connectivity index (χ0) is 40.6. The summed E-state index contributed by atoms with van der Waals surface area (Å²) in [6.07, 6.45) is -12.5. The highest BCUT2D eigenvalue weighted by atomic mass is 35.5. The molecule has 4 N–H and O–H groups in total. The molecule has 0 amide bonds. The van der Waals surface area contributed by atoms with Crippen LogP contribution in [0.5, 0.6) is 0 Å². The Morgan fingerprint density at radius 1 is 0.577 bits per heavy atom. The highest BCUT2D eigenvalue weighted by Crippen LogP contribution is 2.31. The number of carbonyl (C=O) groups excluding carboxylic acids is 5. The fourth-order valence-electron chi connectivity index (χ4n) is 3.82. The molecule has 0 spiro atoms. The first-order valence-electron chi connectivity index (χ1n) is 15.3. The van der Waals surface area contributed by atoms with Crippen LogP contribution in [0.3, 0.4) is 0 Å². The predicted octanol–water partition coefficient (Wildman–Crippen LogP) is 0.701. The van der Waals surface area contributed by atoms with Crippen molar-refractivity contribution in [2.24, 2.45) is 0 Å². The monoisotopic (exact) mass is 764 g/mol. The quantitative estimate of drug-likeness (QED) is 0.0873. The van der Waals surface area contributed by atoms with Crippen LogP contribution in [0.2, 0.25) is 0 Å². The zero-order valence-electron chi connectivity index (χ0n) is 30.2. The lowest BCUT2D eigenvalue weighted by atomic mass is 9.97. The number of allylic oxidation sites excluding steroid dienone is 1. The van der Waals surface area contributed by atoms with Crippen molar-refractivity contribution in [3.05, 3.63) is 60.8 Å². The molecule has 0 aliphatic carbocycles. The fourth-order valence-corrected chi connectivity index (χ4v) is 3.82. The van der Waals surface area contributed by atoms with Crippen LogP contribution in [0.4, 0.5) is 0 Å². The number of aliphatic hydroxyl groups excluding tert-OH is 4. The zero-order valence-corrected chi connectivity index (χ0v) is 31.0. The van der Waals surface area contributed by atoms with Gasteiger partial charge in [0.25, 0.3) is 0 Å². The first-order chi connectivity index (χ1) is 24.0. The van der Waals surface area contributed by atoms with Crippen molar-refractivity contribution in [1.82, 2.24) is 0 Å². The van der Waals surface area contributed by atoms with Crippen LogP contribution in [0.25, 0.3) is 0 Å². The van der Waals surface area contributed by atoms with Crippen molar-refractivity contribution < 1.29 is 82.3 Å². The largest absolute Gasteiger partial charge is 0.459 e. The van der Waals surface area contributed by atoms with Gasteiger partial charge in [0.05, 0.1) is 6.61 Å². The summed E-state index contributed by atoms with van der Waals surface area (Å²) in [4.78, 5) is 58.7. The van der Waals surface area contributed by atoms with Gasteiger partial charge >= 0.3 is 23.9 Å². The molecule has 2 rings (SSSR count). The molecule has 0 saturated carbocycles. The Bertz CT molecular complexity index is 1310. The summed E-state index contributed by atoms with van der Waals surface area (Å²) < 4.78 is 42.2. The number of esters is 4. The van der Waals surface area contributed by atoms with Crippen LogP contribution in [0, 0.1) is 0 Å². The second-order valence-corrected chi connectivity index (χ2v) is 11.9. The normalized spacial score (nSPS) is 27.8. The summed E-state index contributed by atoms with van der Waals surface area (Å²) in [6, 6.07) is 0. The van der Waals surface area contributed by atoms with E-state index in [-0.39, 0.29) is 22.3 Å². The fraction of sp³-hybridized carbons (Fsp3) is 0.559. The number of rotatable bonds is 13. The van der Waals surface area contributed by atoms with E-state index in [1.54, 1.807) is 6.92 Å². The molecule has 2 saturated heterocycles. The predicted molar refractivity (Wildman–Crippen MR) is 182 cm³/mol. The molecule has 4 unspecified atom stereocenters. The molecule has 52 heavy (non-hydrogen) atoms. The molecule has 2 aliphatic heterocycles. The van der Waals surface area contributed by atoms with Crippen LogP contribution < -0.4 is 0 Å². The third-order valence-electron chi connectivity index (χ3n) is 6.74. The number of hydrogen-bond donors (Lipinski definition) is 4. The highest BCUT2D eigenvalue weighted by Gasteiger charge is 2.53. The summed E-state index contributed by atoms with van der Waals surface area (Å²) in [5.74, 6) is -3.22. The minimum absolute atomic E-state index is 0.0377. The third kappa shape index (κ3) is 15.1. The molecule has 18 heteroatoms. The van der Waals surface area contributed by atoms with Crippen LogP contribution in [0.15, 0.2) is 60.8 Å². The third-order valence-corrected chi connectivity index (χ3v) is 7.06. The maximum absolute atomic E-state index is 12.4. The van der Waals surface area contributed by atoms with Gasteiger partial charge in [-0.2, -0.15) is 0 Å². The smallest absolute Gasteiger partial charge is 0.333 e. The van der Waals surface area contributed by atoms with Gasteiger partial charge in [0, 0.05) is 42.1 Å². The summed E-state index contributed by atoms with van der Waals surface area (Å²) in [7, 11) is 2.56. The molecular formula is C34H49ClO17. The van der Waals surface area contributed by atoms with Gasteiger partial charge in [0.1, 0.15) is 37.1 Å². The van der Waals surface area contributed by atoms with Crippen LogP contribution in [0.1, 0.15) is 34.6 Å². The maximum Gasteiger partial charge on any atom is 0.333 e. The summed E-state index contributed by atoms with van der Waals surface area (Å²) in [6.45, 7) is 23.7. The average molecular weight is 765 g/mol. The van der Waals surface area contributed by atoms with E-state index in [0.29, 0.717) is 5.57 Å². The van der Waals surface area contributed by atoms with E-state index in [4.69, 9.17) is 54.6 Å². The lowest BCUT2D eigenvalue weighted by molar-refractivity contribution is -0.301. The van der Waals surface area contributed by atoms with Crippen LogP contribution >= 0.6 is 11.6 Å². The molecular weight excluding hydrogens is 716 g/mol. The van der Waals surface area contributed by atoms with Crippen molar-refractivity contribution in [2.75, 3.05) is 27.4 Å². The number of hydrogen-bond acceptors (Lipinski definition) is 17. The second kappa shape index (κ2) is 23.0. The van der Waals surface area contributed by atoms with Gasteiger partial charge in [-0.25, -0.2) is 19.2 Å². The summed E-state index contributed by atoms with van der Waals surface area (Å²) in [5.41, 5.74) is 0.653. The Morgan fingerprint density at radius 3 is 1.33 bits per heavy atom. The van der Waals surface area contributed by atoms with E-state index in [1.165, 1.54) is 41.9 Å². The number of aliphatic hydroxyl groups is 4. The van der Waals surface area contributed by atoms with E-state index in [0.717, 1.165) is 0 Å². The number of methoxy groups -OCH3 is 2. The highest BCUT2D eigenvalue weighted by molar-refractivity contribution is 6.67. The topological polar surface area (TPSA) is 240 Å². The molecule has 2 fully saturated rings. The molecule has 2 aliphatic rings. The van der Waals surface area contributed by atoms with E-state index < -0.39 is 104 Å². The van der Waals surface area contributed by atoms with Gasteiger partial charge in [-0.1, -0.05) is 32.9 Å². The van der Waals surface area contributed by atoms with Crippen molar-refractivity contribution in [3.63, 3.8) is 0 Å². The van der Waals surface area contributed by atoms with E-state index >= 15 is 0 Å². The van der Waals surface area contributed by atoms with Crippen molar-refractivity contribution in [3.8, 4) is 0 Å². The molecule has 0 radical (unpaired) electrons. The van der Waals surface area contributed by atoms with Gasteiger partial charge in [0.2, 0.25) is 5.24 Å². The molecule has 0 bridgehead atoms. The standard InChI is InChI=1S/C23H30O10.C7H14O6.C4H5ClO/c1-11(2)19(24)29-10-15-16(31-20(25)12(3)4)17(32-21(26)13(5)6)18(23(28-9)30-15)33-22(27)14(7)8;1-12-7-6(11)5(10)4(9)3(2-8)13-7;1-3(2)4(5)6/h15-18,23H,1,3,5,7,10H2,2,4,6,8-9H3;3-11H,2H2,1H3;1H2,2H3/t15?,16-,17+,18?,23+;3?,4-,5+,6?,7+;/m11./s1. The molecule has 17 nitrogen and oxygen atoms in total. The number of carbonyl (C=O) groups is 5. The van der Waals surface area contributed by atoms with Gasteiger partial charge in [-0.15, -0.1) is 0 Å². The summed E-state index contributed by atoms with van der Waals surface area (Å²) >= 11 is 4.87. The van der Waals surface area contributed by atoms with Crippen LogP contribution in [-0.4, -0.2) is 138 Å². The van der Waals surface area contributed by atoms with Crippen molar-refractivity contribution >= 4 is 40.7 Å².